The van der Waals surface area contributed by atoms with Crippen molar-refractivity contribution in [2.45, 2.75) is 49.3 Å². The van der Waals surface area contributed by atoms with Crippen LogP contribution in [0, 0.1) is 17.2 Å². The van der Waals surface area contributed by atoms with E-state index in [1.807, 2.05) is 6.07 Å². The summed E-state index contributed by atoms with van der Waals surface area (Å²) in [5.74, 6) is 1.73. The van der Waals surface area contributed by atoms with E-state index in [9.17, 15) is 4.79 Å². The van der Waals surface area contributed by atoms with Gasteiger partial charge in [0.2, 0.25) is 5.91 Å². The van der Waals surface area contributed by atoms with Crippen LogP contribution in [0.5, 0.6) is 0 Å². The Morgan fingerprint density at radius 2 is 2.21 bits per heavy atom. The Bertz CT molecular complexity index is 590. The Morgan fingerprint density at radius 1 is 1.38 bits per heavy atom. The molecule has 1 aliphatic heterocycles. The van der Waals surface area contributed by atoms with Crippen LogP contribution >= 0.6 is 11.8 Å². The number of amides is 1. The van der Waals surface area contributed by atoms with Crippen LogP contribution < -0.4 is 5.32 Å². The van der Waals surface area contributed by atoms with Crippen molar-refractivity contribution >= 4 is 17.7 Å². The van der Waals surface area contributed by atoms with Gasteiger partial charge in [0.05, 0.1) is 12.6 Å². The van der Waals surface area contributed by atoms with Crippen LogP contribution in [0.15, 0.2) is 23.6 Å². The zero-order valence-corrected chi connectivity index (χ0v) is 14.5. The molecule has 1 aliphatic carbocycles. The number of likely N-dealkylation sites (tertiary alicyclic amines) is 1. The number of hydrogen-bond acceptors (Lipinski definition) is 6. The van der Waals surface area contributed by atoms with E-state index in [0.29, 0.717) is 18.5 Å². The molecule has 3 rings (SSSR count). The maximum absolute atomic E-state index is 12.3. The van der Waals surface area contributed by atoms with Crippen LogP contribution in [-0.4, -0.2) is 51.7 Å². The third-order valence-corrected chi connectivity index (χ3v) is 5.90. The van der Waals surface area contributed by atoms with E-state index in [2.05, 4.69) is 21.4 Å². The molecule has 1 saturated carbocycles. The molecular formula is C17H23N5OS. The molecule has 2 aliphatic rings. The van der Waals surface area contributed by atoms with Crippen molar-refractivity contribution in [3.8, 4) is 6.07 Å². The highest BCUT2D eigenvalue weighted by atomic mass is 32.2. The Morgan fingerprint density at radius 3 is 3.00 bits per heavy atom. The summed E-state index contributed by atoms with van der Waals surface area (Å²) < 4.78 is 0. The normalized spacial score (nSPS) is 26.5. The minimum Gasteiger partial charge on any atom is -0.326 e. The summed E-state index contributed by atoms with van der Waals surface area (Å²) >= 11 is 1.71. The molecule has 24 heavy (non-hydrogen) atoms. The van der Waals surface area contributed by atoms with E-state index in [1.54, 1.807) is 29.1 Å². The number of hydrogen-bond donors (Lipinski definition) is 1. The van der Waals surface area contributed by atoms with Crippen molar-refractivity contribution in [1.82, 2.24) is 20.2 Å². The van der Waals surface area contributed by atoms with Crippen molar-refractivity contribution in [3.05, 3.63) is 18.5 Å². The summed E-state index contributed by atoms with van der Waals surface area (Å²) in [5, 5.41) is 13.3. The first-order valence-corrected chi connectivity index (χ1v) is 9.57. The second-order valence-electron chi connectivity index (χ2n) is 6.47. The fourth-order valence-corrected chi connectivity index (χ4v) is 4.45. The van der Waals surface area contributed by atoms with Gasteiger partial charge in [-0.15, -0.1) is 0 Å². The Kier molecular flexibility index (Phi) is 6.05. The zero-order valence-electron chi connectivity index (χ0n) is 13.7. The second kappa shape index (κ2) is 8.45. The maximum Gasteiger partial charge on any atom is 0.237 e. The standard InChI is InChI=1S/C17H23N5OS/c18-10-15-3-1-8-22(15)16(23)11-21-14-5-4-13(9-14)12-24-17-19-6-2-7-20-17/h2,6-7,13-15,21H,1,3-5,8-9,11-12H2/t13-,14+,15-/m0/s1. The summed E-state index contributed by atoms with van der Waals surface area (Å²) in [7, 11) is 0. The number of nitrogens with zero attached hydrogens (tertiary/aromatic N) is 4. The van der Waals surface area contributed by atoms with Gasteiger partial charge in [0.1, 0.15) is 6.04 Å². The van der Waals surface area contributed by atoms with Crippen LogP contribution in [0.3, 0.4) is 0 Å². The summed E-state index contributed by atoms with van der Waals surface area (Å²) in [6, 6.07) is 4.23. The van der Waals surface area contributed by atoms with E-state index in [0.717, 1.165) is 43.1 Å². The zero-order chi connectivity index (χ0) is 16.8. The average molecular weight is 345 g/mol. The van der Waals surface area contributed by atoms with E-state index in [4.69, 9.17) is 5.26 Å². The first-order chi connectivity index (χ1) is 11.8. The van der Waals surface area contributed by atoms with Gasteiger partial charge in [0, 0.05) is 30.7 Å². The fraction of sp³-hybridized carbons (Fsp3) is 0.647. The quantitative estimate of drug-likeness (QED) is 0.626. The number of nitriles is 1. The molecule has 0 spiro atoms. The molecule has 6 nitrogen and oxygen atoms in total. The topological polar surface area (TPSA) is 81.9 Å². The maximum atomic E-state index is 12.3. The summed E-state index contributed by atoms with van der Waals surface area (Å²) in [5.41, 5.74) is 0. The Balaban J connectivity index is 1.37. The van der Waals surface area contributed by atoms with Gasteiger partial charge in [0.15, 0.2) is 5.16 Å². The molecule has 0 radical (unpaired) electrons. The molecule has 2 fully saturated rings. The molecular weight excluding hydrogens is 322 g/mol. The minimum absolute atomic E-state index is 0.0644. The van der Waals surface area contributed by atoms with E-state index in [-0.39, 0.29) is 11.9 Å². The first kappa shape index (κ1) is 17.2. The van der Waals surface area contributed by atoms with Crippen molar-refractivity contribution < 1.29 is 4.79 Å². The number of carbonyl (C=O) groups is 1. The number of rotatable bonds is 6. The molecule has 1 saturated heterocycles. The lowest BCUT2D eigenvalue weighted by molar-refractivity contribution is -0.130. The van der Waals surface area contributed by atoms with Crippen molar-refractivity contribution in [2.24, 2.45) is 5.92 Å². The van der Waals surface area contributed by atoms with Crippen LogP contribution in [0.4, 0.5) is 0 Å². The molecule has 0 bridgehead atoms. The number of aromatic nitrogens is 2. The lowest BCUT2D eigenvalue weighted by Crippen LogP contribution is -2.42. The van der Waals surface area contributed by atoms with Gasteiger partial charge in [-0.25, -0.2) is 9.97 Å². The highest BCUT2D eigenvalue weighted by Crippen LogP contribution is 2.30. The van der Waals surface area contributed by atoms with Gasteiger partial charge in [-0.1, -0.05) is 11.8 Å². The van der Waals surface area contributed by atoms with Gasteiger partial charge in [0.25, 0.3) is 0 Å². The number of carbonyl (C=O) groups excluding carboxylic acids is 1. The second-order valence-corrected chi connectivity index (χ2v) is 7.46. The predicted octanol–water partition coefficient (Wildman–Crippen LogP) is 1.84. The van der Waals surface area contributed by atoms with Crippen LogP contribution in [-0.2, 0) is 4.79 Å². The third-order valence-electron chi connectivity index (χ3n) is 4.80. The lowest BCUT2D eigenvalue weighted by Gasteiger charge is -2.21. The van der Waals surface area contributed by atoms with E-state index >= 15 is 0 Å². The molecule has 0 unspecified atom stereocenters. The first-order valence-electron chi connectivity index (χ1n) is 8.58. The SMILES string of the molecule is N#C[C@@H]1CCCN1C(=O)CN[C@@H]1CC[C@H](CSc2ncccn2)C1. The molecule has 3 atom stereocenters. The number of nitrogens with one attached hydrogen (secondary N) is 1. The van der Waals surface area contributed by atoms with Crippen LogP contribution in [0.2, 0.25) is 0 Å². The van der Waals surface area contributed by atoms with Crippen LogP contribution in [0.25, 0.3) is 0 Å². The Labute approximate surface area is 147 Å². The van der Waals surface area contributed by atoms with Gasteiger partial charge in [-0.3, -0.25) is 4.79 Å². The molecule has 1 amide bonds. The van der Waals surface area contributed by atoms with Gasteiger partial charge >= 0.3 is 0 Å². The third kappa shape index (κ3) is 4.46. The van der Waals surface area contributed by atoms with Crippen molar-refractivity contribution in [2.75, 3.05) is 18.8 Å². The Hall–Kier alpha value is -1.65. The smallest absolute Gasteiger partial charge is 0.237 e. The fourth-order valence-electron chi connectivity index (χ4n) is 3.50. The van der Waals surface area contributed by atoms with E-state index < -0.39 is 0 Å². The molecule has 1 aromatic rings. The lowest BCUT2D eigenvalue weighted by atomic mass is 10.1. The predicted molar refractivity (Wildman–Crippen MR) is 92.2 cm³/mol. The molecule has 7 heteroatoms. The number of thioether (sulfide) groups is 1. The molecule has 1 N–H and O–H groups in total. The molecule has 1 aromatic heterocycles. The highest BCUT2D eigenvalue weighted by molar-refractivity contribution is 7.99. The van der Waals surface area contributed by atoms with Crippen molar-refractivity contribution in [1.29, 1.82) is 5.26 Å². The summed E-state index contributed by atoms with van der Waals surface area (Å²) in [6.07, 6.45) is 8.67. The van der Waals surface area contributed by atoms with Crippen LogP contribution in [0.1, 0.15) is 32.1 Å². The minimum atomic E-state index is -0.224. The van der Waals surface area contributed by atoms with E-state index in [1.165, 1.54) is 6.42 Å². The summed E-state index contributed by atoms with van der Waals surface area (Å²) in [4.78, 5) is 22.5. The highest BCUT2D eigenvalue weighted by Gasteiger charge is 2.30. The van der Waals surface area contributed by atoms with Gasteiger partial charge in [-0.05, 0) is 44.1 Å². The molecule has 2 heterocycles. The van der Waals surface area contributed by atoms with Gasteiger partial charge < -0.3 is 10.2 Å². The monoisotopic (exact) mass is 345 g/mol. The molecule has 0 aromatic carbocycles. The van der Waals surface area contributed by atoms with Gasteiger partial charge in [-0.2, -0.15) is 5.26 Å². The average Bonchev–Trinajstić information content (AvgIpc) is 3.28. The largest absolute Gasteiger partial charge is 0.326 e. The molecule has 128 valence electrons. The summed E-state index contributed by atoms with van der Waals surface area (Å²) in [6.45, 7) is 1.07. The van der Waals surface area contributed by atoms with Crippen molar-refractivity contribution in [3.63, 3.8) is 0 Å².